The summed E-state index contributed by atoms with van der Waals surface area (Å²) in [5.74, 6) is 0. The average molecular weight is 171 g/mol. The van der Waals surface area contributed by atoms with Crippen molar-refractivity contribution < 1.29 is 8.42 Å². The molecule has 56 valence electrons. The molecule has 0 aliphatic rings. The molecule has 0 aromatic carbocycles. The highest BCUT2D eigenvalue weighted by atomic mass is 35.7. The highest BCUT2D eigenvalue weighted by Gasteiger charge is 2.29. The van der Waals surface area contributed by atoms with Crippen molar-refractivity contribution in [1.82, 2.24) is 0 Å². The molecule has 0 unspecified atom stereocenters. The molecule has 4 heteroatoms. The van der Waals surface area contributed by atoms with Crippen LogP contribution >= 0.6 is 10.7 Å². The first-order valence-electron chi connectivity index (χ1n) is 2.75. The maximum Gasteiger partial charge on any atom is 0.237 e. The van der Waals surface area contributed by atoms with Gasteiger partial charge in [-0.2, -0.15) is 0 Å². The van der Waals surface area contributed by atoms with Gasteiger partial charge in [0, 0.05) is 10.7 Å². The minimum Gasteiger partial charge on any atom is -0.212 e. The fourth-order valence-electron chi connectivity index (χ4n) is 0.172. The first-order chi connectivity index (χ1) is 3.81. The molecule has 0 spiro atoms. The van der Waals surface area contributed by atoms with E-state index in [0.717, 1.165) is 0 Å². The molecule has 2 nitrogen and oxygen atoms in total. The molecule has 0 N–H and O–H groups in total. The molecule has 0 heterocycles. The molecule has 0 rings (SSSR count). The fourth-order valence-corrected chi connectivity index (χ4v) is 0.845. The Labute approximate surface area is 60.6 Å². The van der Waals surface area contributed by atoms with Crippen molar-refractivity contribution in [2.24, 2.45) is 0 Å². The van der Waals surface area contributed by atoms with E-state index in [2.05, 4.69) is 0 Å². The summed E-state index contributed by atoms with van der Waals surface area (Å²) >= 11 is 0. The van der Waals surface area contributed by atoms with Crippen molar-refractivity contribution in [2.45, 2.75) is 31.9 Å². The summed E-state index contributed by atoms with van der Waals surface area (Å²) in [7, 11) is 1.72. The largest absolute Gasteiger partial charge is 0.237 e. The van der Waals surface area contributed by atoms with Crippen LogP contribution in [0.3, 0.4) is 0 Å². The van der Waals surface area contributed by atoms with Gasteiger partial charge in [-0.3, -0.25) is 0 Å². The predicted molar refractivity (Wildman–Crippen MR) is 39.1 cm³/mol. The molecular weight excluding hydrogens is 160 g/mol. The maximum atomic E-state index is 10.6. The van der Waals surface area contributed by atoms with Gasteiger partial charge in [-0.1, -0.05) is 6.92 Å². The summed E-state index contributed by atoms with van der Waals surface area (Å²) in [6.07, 6.45) is 0.541. The van der Waals surface area contributed by atoms with Crippen LogP contribution in [-0.2, 0) is 9.05 Å². The Balaban J connectivity index is 4.56. The van der Waals surface area contributed by atoms with Crippen LogP contribution in [0.4, 0.5) is 0 Å². The molecule has 0 fully saturated rings. The maximum absolute atomic E-state index is 10.6. The van der Waals surface area contributed by atoms with E-state index in [1.54, 1.807) is 20.8 Å². The van der Waals surface area contributed by atoms with Crippen molar-refractivity contribution in [3.05, 3.63) is 0 Å². The third-order valence-corrected chi connectivity index (χ3v) is 4.37. The van der Waals surface area contributed by atoms with Gasteiger partial charge in [0.1, 0.15) is 0 Å². The van der Waals surface area contributed by atoms with Crippen molar-refractivity contribution in [1.29, 1.82) is 0 Å². The first kappa shape index (κ1) is 9.24. The molecule has 0 bridgehead atoms. The van der Waals surface area contributed by atoms with E-state index in [4.69, 9.17) is 10.7 Å². The lowest BCUT2D eigenvalue weighted by Crippen LogP contribution is -2.26. The normalized spacial score (nSPS) is 13.8. The second-order valence-electron chi connectivity index (χ2n) is 2.55. The summed E-state index contributed by atoms with van der Waals surface area (Å²) in [5.41, 5.74) is 0. The van der Waals surface area contributed by atoms with E-state index in [-0.39, 0.29) is 0 Å². The van der Waals surface area contributed by atoms with E-state index in [1.807, 2.05) is 0 Å². The van der Waals surface area contributed by atoms with Crippen LogP contribution in [0.2, 0.25) is 0 Å². The molecule has 0 atom stereocenters. The molecule has 0 aliphatic heterocycles. The van der Waals surface area contributed by atoms with Crippen LogP contribution in [0.15, 0.2) is 0 Å². The third-order valence-electron chi connectivity index (χ3n) is 1.51. The third kappa shape index (κ3) is 2.14. The van der Waals surface area contributed by atoms with Gasteiger partial charge in [-0.25, -0.2) is 8.42 Å². The Morgan fingerprint density at radius 2 is 1.78 bits per heavy atom. The van der Waals surface area contributed by atoms with Gasteiger partial charge < -0.3 is 0 Å². The summed E-state index contributed by atoms with van der Waals surface area (Å²) < 4.78 is 20.5. The van der Waals surface area contributed by atoms with E-state index in [0.29, 0.717) is 6.42 Å². The van der Waals surface area contributed by atoms with Crippen molar-refractivity contribution >= 4 is 19.7 Å². The standard InChI is InChI=1S/C5H11ClO2S/c1-4-5(2,3)9(6,7)8/h4H2,1-3H3. The van der Waals surface area contributed by atoms with Crippen LogP contribution < -0.4 is 0 Å². The van der Waals surface area contributed by atoms with Gasteiger partial charge in [0.15, 0.2) is 0 Å². The SMILES string of the molecule is CCC(C)(C)S(=O)(=O)Cl. The molecule has 0 aromatic rings. The van der Waals surface area contributed by atoms with E-state index in [1.165, 1.54) is 0 Å². The molecule has 0 saturated heterocycles. The van der Waals surface area contributed by atoms with Crippen LogP contribution in [-0.4, -0.2) is 13.2 Å². The van der Waals surface area contributed by atoms with Gasteiger partial charge >= 0.3 is 0 Å². The Kier molecular flexibility index (Phi) is 2.53. The quantitative estimate of drug-likeness (QED) is 0.592. The molecule has 0 aromatic heterocycles. The van der Waals surface area contributed by atoms with Crippen LogP contribution in [0.1, 0.15) is 27.2 Å². The molecule has 9 heavy (non-hydrogen) atoms. The molecule has 0 amide bonds. The molecule has 0 radical (unpaired) electrons. The van der Waals surface area contributed by atoms with E-state index in [9.17, 15) is 8.42 Å². The van der Waals surface area contributed by atoms with E-state index >= 15 is 0 Å². The number of hydrogen-bond acceptors (Lipinski definition) is 2. The lowest BCUT2D eigenvalue weighted by atomic mass is 10.1. The molecule has 0 saturated carbocycles. The minimum atomic E-state index is -3.38. The van der Waals surface area contributed by atoms with Gasteiger partial charge in [-0.15, -0.1) is 0 Å². The topological polar surface area (TPSA) is 34.1 Å². The van der Waals surface area contributed by atoms with Crippen molar-refractivity contribution in [2.75, 3.05) is 0 Å². The Morgan fingerprint density at radius 3 is 1.78 bits per heavy atom. The monoisotopic (exact) mass is 170 g/mol. The first-order valence-corrected chi connectivity index (χ1v) is 5.06. The van der Waals surface area contributed by atoms with Gasteiger partial charge in [0.25, 0.3) is 0 Å². The number of rotatable bonds is 2. The summed E-state index contributed by atoms with van der Waals surface area (Å²) in [5, 5.41) is 0. The van der Waals surface area contributed by atoms with Crippen LogP contribution in [0, 0.1) is 0 Å². The summed E-state index contributed by atoms with van der Waals surface area (Å²) in [6.45, 7) is 5.00. The second-order valence-corrected chi connectivity index (χ2v) is 5.75. The Bertz CT molecular complexity index is 181. The van der Waals surface area contributed by atoms with E-state index < -0.39 is 13.8 Å². The average Bonchev–Trinajstić information content (AvgIpc) is 1.64. The Hall–Kier alpha value is 0.240. The van der Waals surface area contributed by atoms with Gasteiger partial charge in [0.05, 0.1) is 4.75 Å². The number of halogens is 1. The van der Waals surface area contributed by atoms with Crippen LogP contribution in [0.5, 0.6) is 0 Å². The summed E-state index contributed by atoms with van der Waals surface area (Å²) in [4.78, 5) is 0. The highest BCUT2D eigenvalue weighted by Crippen LogP contribution is 2.23. The number of hydrogen-bond donors (Lipinski definition) is 0. The summed E-state index contributed by atoms with van der Waals surface area (Å²) in [6, 6.07) is 0. The van der Waals surface area contributed by atoms with Crippen molar-refractivity contribution in [3.8, 4) is 0 Å². The lowest BCUT2D eigenvalue weighted by molar-refractivity contribution is 0.553. The predicted octanol–water partition coefficient (Wildman–Crippen LogP) is 1.74. The van der Waals surface area contributed by atoms with Gasteiger partial charge in [-0.05, 0) is 20.3 Å². The second kappa shape index (κ2) is 2.46. The Morgan fingerprint density at radius 1 is 1.44 bits per heavy atom. The lowest BCUT2D eigenvalue weighted by Gasteiger charge is -2.16. The fraction of sp³-hybridized carbons (Fsp3) is 1.00. The zero-order chi connectivity index (χ0) is 7.71. The zero-order valence-electron chi connectivity index (χ0n) is 5.81. The minimum absolute atomic E-state index is 0.541. The van der Waals surface area contributed by atoms with Crippen molar-refractivity contribution in [3.63, 3.8) is 0 Å². The highest BCUT2D eigenvalue weighted by molar-refractivity contribution is 8.14. The smallest absolute Gasteiger partial charge is 0.212 e. The molecule has 0 aliphatic carbocycles. The van der Waals surface area contributed by atoms with Gasteiger partial charge in [0.2, 0.25) is 9.05 Å². The zero-order valence-corrected chi connectivity index (χ0v) is 7.38. The van der Waals surface area contributed by atoms with Crippen LogP contribution in [0.25, 0.3) is 0 Å². The molecular formula is C5H11ClO2S.